The lowest BCUT2D eigenvalue weighted by Crippen LogP contribution is -2.40. The van der Waals surface area contributed by atoms with Crippen LogP contribution < -0.4 is 4.90 Å². The summed E-state index contributed by atoms with van der Waals surface area (Å²) in [4.78, 5) is 27.5. The molecule has 1 fully saturated rings. The average Bonchev–Trinajstić information content (AvgIpc) is 2.89. The summed E-state index contributed by atoms with van der Waals surface area (Å²) in [5.74, 6) is 2.05. The van der Waals surface area contributed by atoms with E-state index in [4.69, 9.17) is 9.72 Å². The number of thiophene rings is 1. The highest BCUT2D eigenvalue weighted by Gasteiger charge is 2.26. The Balaban J connectivity index is 2.03. The molecule has 6 nitrogen and oxygen atoms in total. The van der Waals surface area contributed by atoms with Gasteiger partial charge >= 0.3 is 5.97 Å². The zero-order valence-electron chi connectivity index (χ0n) is 15.6. The maximum absolute atomic E-state index is 12.1. The number of hydrogen-bond acceptors (Lipinski definition) is 7. The number of hydrogen-bond donors (Lipinski definition) is 0. The van der Waals surface area contributed by atoms with Crippen LogP contribution in [-0.2, 0) is 4.74 Å². The van der Waals surface area contributed by atoms with Gasteiger partial charge in [-0.3, -0.25) is 0 Å². The third-order valence-electron chi connectivity index (χ3n) is 4.70. The Labute approximate surface area is 152 Å². The summed E-state index contributed by atoms with van der Waals surface area (Å²) in [5, 5.41) is 1.00. The van der Waals surface area contributed by atoms with Crippen LogP contribution in [0.4, 0.5) is 5.82 Å². The molecule has 0 radical (unpaired) electrons. The van der Waals surface area contributed by atoms with Gasteiger partial charge in [-0.15, -0.1) is 11.3 Å². The minimum Gasteiger partial charge on any atom is -0.465 e. The molecular weight excluding hydrogens is 336 g/mol. The molecule has 1 atom stereocenters. The van der Waals surface area contributed by atoms with Gasteiger partial charge in [-0.2, -0.15) is 0 Å². The van der Waals surface area contributed by atoms with Crippen LogP contribution in [0.1, 0.15) is 33.9 Å². The second-order valence-corrected chi connectivity index (χ2v) is 8.04. The minimum atomic E-state index is -0.298. The third kappa shape index (κ3) is 3.62. The molecule has 136 valence electrons. The van der Waals surface area contributed by atoms with E-state index in [9.17, 15) is 4.79 Å². The van der Waals surface area contributed by atoms with Crippen LogP contribution in [-0.4, -0.2) is 61.7 Å². The SMILES string of the molecule is COC(=O)c1sc2nc(C)nc(N3CCC[C@@H](CN(C)C)C3)c2c1C. The predicted octanol–water partition coefficient (Wildman–Crippen LogP) is 2.87. The van der Waals surface area contributed by atoms with Crippen LogP contribution in [0.2, 0.25) is 0 Å². The third-order valence-corrected chi connectivity index (χ3v) is 5.86. The van der Waals surface area contributed by atoms with Gasteiger partial charge in [0.25, 0.3) is 0 Å². The van der Waals surface area contributed by atoms with Crippen molar-refractivity contribution < 1.29 is 9.53 Å². The van der Waals surface area contributed by atoms with Crippen LogP contribution in [0.3, 0.4) is 0 Å². The molecule has 0 amide bonds. The molecule has 0 bridgehead atoms. The molecular formula is C18H26N4O2S. The molecule has 0 spiro atoms. The van der Waals surface area contributed by atoms with Crippen molar-refractivity contribution in [3.63, 3.8) is 0 Å². The van der Waals surface area contributed by atoms with Crippen LogP contribution in [0.25, 0.3) is 10.2 Å². The Morgan fingerprint density at radius 1 is 1.36 bits per heavy atom. The number of ether oxygens (including phenoxy) is 1. The van der Waals surface area contributed by atoms with Crippen molar-refractivity contribution in [2.75, 3.05) is 45.7 Å². The number of aromatic nitrogens is 2. The number of fused-ring (bicyclic) bond motifs is 1. The maximum Gasteiger partial charge on any atom is 0.348 e. The summed E-state index contributed by atoms with van der Waals surface area (Å²) in [7, 11) is 5.66. The largest absolute Gasteiger partial charge is 0.465 e. The molecule has 7 heteroatoms. The first-order chi connectivity index (χ1) is 11.9. The summed E-state index contributed by atoms with van der Waals surface area (Å²) in [5.41, 5.74) is 0.927. The molecule has 1 saturated heterocycles. The van der Waals surface area contributed by atoms with E-state index in [1.165, 1.54) is 24.9 Å². The van der Waals surface area contributed by atoms with Crippen molar-refractivity contribution in [1.29, 1.82) is 0 Å². The van der Waals surface area contributed by atoms with Gasteiger partial charge in [0.15, 0.2) is 0 Å². The van der Waals surface area contributed by atoms with E-state index in [1.54, 1.807) is 0 Å². The second-order valence-electron chi connectivity index (χ2n) is 7.04. The van der Waals surface area contributed by atoms with E-state index in [-0.39, 0.29) is 5.97 Å². The maximum atomic E-state index is 12.1. The van der Waals surface area contributed by atoms with Crippen molar-refractivity contribution >= 4 is 33.3 Å². The lowest BCUT2D eigenvalue weighted by molar-refractivity contribution is 0.0605. The van der Waals surface area contributed by atoms with E-state index in [0.717, 1.165) is 53.5 Å². The Morgan fingerprint density at radius 2 is 2.12 bits per heavy atom. The van der Waals surface area contributed by atoms with Gasteiger partial charge in [0.1, 0.15) is 21.3 Å². The predicted molar refractivity (Wildman–Crippen MR) is 102 cm³/mol. The first-order valence-corrected chi connectivity index (χ1v) is 9.48. The highest BCUT2D eigenvalue weighted by molar-refractivity contribution is 7.20. The van der Waals surface area contributed by atoms with Crippen molar-refractivity contribution in [2.24, 2.45) is 5.92 Å². The number of anilines is 1. The molecule has 2 aromatic rings. The Morgan fingerprint density at radius 3 is 2.80 bits per heavy atom. The number of carbonyl (C=O) groups excluding carboxylic acids is 1. The fourth-order valence-corrected chi connectivity index (χ4v) is 4.80. The normalized spacial score (nSPS) is 18.2. The number of methoxy groups -OCH3 is 1. The van der Waals surface area contributed by atoms with Gasteiger partial charge in [-0.05, 0) is 52.3 Å². The van der Waals surface area contributed by atoms with E-state index >= 15 is 0 Å². The van der Waals surface area contributed by atoms with Crippen molar-refractivity contribution in [2.45, 2.75) is 26.7 Å². The number of rotatable bonds is 4. The van der Waals surface area contributed by atoms with Crippen LogP contribution in [0.5, 0.6) is 0 Å². The van der Waals surface area contributed by atoms with Crippen molar-refractivity contribution in [1.82, 2.24) is 14.9 Å². The van der Waals surface area contributed by atoms with E-state index in [0.29, 0.717) is 10.8 Å². The van der Waals surface area contributed by atoms with Crippen LogP contribution in [0.15, 0.2) is 0 Å². The smallest absolute Gasteiger partial charge is 0.348 e. The average molecular weight is 362 g/mol. The second kappa shape index (κ2) is 7.25. The Bertz CT molecular complexity index is 787. The lowest BCUT2D eigenvalue weighted by atomic mass is 9.97. The Kier molecular flexibility index (Phi) is 5.24. The molecule has 0 N–H and O–H groups in total. The molecule has 1 aliphatic rings. The zero-order chi connectivity index (χ0) is 18.1. The number of aryl methyl sites for hydroxylation is 2. The highest BCUT2D eigenvalue weighted by atomic mass is 32.1. The first-order valence-electron chi connectivity index (χ1n) is 8.66. The monoisotopic (exact) mass is 362 g/mol. The molecule has 3 heterocycles. The molecule has 1 aliphatic heterocycles. The lowest BCUT2D eigenvalue weighted by Gasteiger charge is -2.35. The van der Waals surface area contributed by atoms with Gasteiger partial charge in [-0.1, -0.05) is 0 Å². The summed E-state index contributed by atoms with van der Waals surface area (Å²) in [6, 6.07) is 0. The number of nitrogens with zero attached hydrogens (tertiary/aromatic N) is 4. The number of piperidine rings is 1. The van der Waals surface area contributed by atoms with Gasteiger partial charge in [-0.25, -0.2) is 14.8 Å². The number of carbonyl (C=O) groups is 1. The molecule has 0 unspecified atom stereocenters. The standard InChI is InChI=1S/C18H26N4O2S/c1-11-14-16(22-8-6-7-13(10-22)9-21(3)4)19-12(2)20-17(14)25-15(11)18(23)24-5/h13H,6-10H2,1-5H3/t13-/m0/s1. The van der Waals surface area contributed by atoms with Crippen LogP contribution >= 0.6 is 11.3 Å². The molecule has 0 aromatic carbocycles. The van der Waals surface area contributed by atoms with Crippen molar-refractivity contribution in [3.05, 3.63) is 16.3 Å². The minimum absolute atomic E-state index is 0.298. The van der Waals surface area contributed by atoms with Gasteiger partial charge in [0.2, 0.25) is 0 Å². The zero-order valence-corrected chi connectivity index (χ0v) is 16.4. The number of esters is 1. The first kappa shape index (κ1) is 18.1. The summed E-state index contributed by atoms with van der Waals surface area (Å²) < 4.78 is 4.93. The topological polar surface area (TPSA) is 58.6 Å². The molecule has 0 saturated carbocycles. The van der Waals surface area contributed by atoms with Crippen LogP contribution in [0, 0.1) is 19.8 Å². The van der Waals surface area contributed by atoms with E-state index < -0.39 is 0 Å². The van der Waals surface area contributed by atoms with Gasteiger partial charge in [0.05, 0.1) is 12.5 Å². The highest BCUT2D eigenvalue weighted by Crippen LogP contribution is 2.37. The summed E-state index contributed by atoms with van der Waals surface area (Å²) in [6.07, 6.45) is 2.41. The molecule has 25 heavy (non-hydrogen) atoms. The summed E-state index contributed by atoms with van der Waals surface area (Å²) in [6.45, 7) is 6.95. The summed E-state index contributed by atoms with van der Waals surface area (Å²) >= 11 is 1.40. The molecule has 0 aliphatic carbocycles. The fraction of sp³-hybridized carbons (Fsp3) is 0.611. The fourth-order valence-electron chi connectivity index (χ4n) is 3.66. The quantitative estimate of drug-likeness (QED) is 0.780. The van der Waals surface area contributed by atoms with E-state index in [2.05, 4.69) is 28.9 Å². The molecule has 3 rings (SSSR count). The van der Waals surface area contributed by atoms with Gasteiger partial charge in [0, 0.05) is 19.6 Å². The molecule has 2 aromatic heterocycles. The van der Waals surface area contributed by atoms with E-state index in [1.807, 2.05) is 13.8 Å². The van der Waals surface area contributed by atoms with Gasteiger partial charge < -0.3 is 14.5 Å². The van der Waals surface area contributed by atoms with Crippen molar-refractivity contribution in [3.8, 4) is 0 Å². The Hall–Kier alpha value is -1.73.